The van der Waals surface area contributed by atoms with Gasteiger partial charge in [-0.15, -0.1) is 0 Å². The number of rotatable bonds is 2. The monoisotopic (exact) mass is 305 g/mol. The minimum Gasteiger partial charge on any atom is -0.465 e. The Morgan fingerprint density at radius 2 is 2.00 bits per heavy atom. The Hall–Kier alpha value is -2.76. The minimum atomic E-state index is -4.44. The molecule has 0 unspecified atom stereocenters. The molecular weight excluding hydrogens is 295 g/mol. The number of hydrogen-bond donors (Lipinski definition) is 1. The van der Waals surface area contributed by atoms with E-state index in [1.54, 1.807) is 24.3 Å². The van der Waals surface area contributed by atoms with Gasteiger partial charge in [0.15, 0.2) is 0 Å². The lowest BCUT2D eigenvalue weighted by Gasteiger charge is -2.07. The van der Waals surface area contributed by atoms with E-state index in [9.17, 15) is 18.0 Å². The smallest absolute Gasteiger partial charge is 0.416 e. The third kappa shape index (κ3) is 2.67. The van der Waals surface area contributed by atoms with Gasteiger partial charge in [0.2, 0.25) is 0 Å². The number of allylic oxidation sites excluding steroid dienone is 2. The van der Waals surface area contributed by atoms with Crippen LogP contribution in [0.3, 0.4) is 0 Å². The van der Waals surface area contributed by atoms with Crippen molar-refractivity contribution in [3.63, 3.8) is 0 Å². The highest BCUT2D eigenvalue weighted by Gasteiger charge is 2.33. The van der Waals surface area contributed by atoms with E-state index in [-0.39, 0.29) is 5.69 Å². The summed E-state index contributed by atoms with van der Waals surface area (Å²) in [6, 6.07) is 6.66. The molecule has 0 atom stereocenters. The van der Waals surface area contributed by atoms with Crippen LogP contribution in [0, 0.1) is 0 Å². The summed E-state index contributed by atoms with van der Waals surface area (Å²) in [5.74, 6) is 0.182. The van der Waals surface area contributed by atoms with Crippen LogP contribution in [0.4, 0.5) is 18.9 Å². The summed E-state index contributed by atoms with van der Waals surface area (Å²) in [6.45, 7) is 0. The Morgan fingerprint density at radius 1 is 1.18 bits per heavy atom. The number of benzene rings is 1. The number of alkyl halides is 3. The first-order chi connectivity index (χ1) is 10.4. The van der Waals surface area contributed by atoms with Crippen molar-refractivity contribution in [1.82, 2.24) is 0 Å². The normalized spacial score (nSPS) is 16.3. The van der Waals surface area contributed by atoms with Crippen molar-refractivity contribution in [2.45, 2.75) is 6.18 Å². The molecule has 0 saturated carbocycles. The molecule has 2 heterocycles. The number of hydrogen-bond acceptors (Lipinski definition) is 2. The van der Waals surface area contributed by atoms with Gasteiger partial charge >= 0.3 is 6.18 Å². The van der Waals surface area contributed by atoms with Crippen LogP contribution >= 0.6 is 0 Å². The zero-order valence-corrected chi connectivity index (χ0v) is 11.1. The van der Waals surface area contributed by atoms with Gasteiger partial charge in [-0.3, -0.25) is 4.79 Å². The fraction of sp³-hybridized carbons (Fsp3) is 0.0625. The van der Waals surface area contributed by atoms with E-state index in [0.29, 0.717) is 16.9 Å². The number of fused-ring (bicyclic) bond motifs is 1. The Morgan fingerprint density at radius 3 is 2.68 bits per heavy atom. The number of halogens is 3. The summed E-state index contributed by atoms with van der Waals surface area (Å²) >= 11 is 0. The third-order valence-electron chi connectivity index (χ3n) is 3.20. The van der Waals surface area contributed by atoms with Gasteiger partial charge in [0.1, 0.15) is 5.76 Å². The van der Waals surface area contributed by atoms with Gasteiger partial charge in [0.05, 0.1) is 11.8 Å². The zero-order chi connectivity index (χ0) is 15.7. The average molecular weight is 305 g/mol. The van der Waals surface area contributed by atoms with Crippen LogP contribution in [0.15, 0.2) is 53.2 Å². The van der Waals surface area contributed by atoms with Crippen LogP contribution < -0.4 is 5.32 Å². The molecule has 1 N–H and O–H groups in total. The average Bonchev–Trinajstić information content (AvgIpc) is 3.05. The second-order valence-corrected chi connectivity index (χ2v) is 4.67. The number of nitrogens with one attached hydrogen (secondary N) is 1. The second kappa shape index (κ2) is 5.22. The zero-order valence-electron chi connectivity index (χ0n) is 11.1. The molecule has 3 rings (SSSR count). The standard InChI is InChI=1S/C16H10F3NO2/c17-16(18,19)10-6-7-12-13(15(21)20-14(12)9-10)5-1-3-11-4-2-8-22-11/h1-9H,(H,20,21)/b3-1+,13-5-. The topological polar surface area (TPSA) is 42.2 Å². The van der Waals surface area contributed by atoms with Gasteiger partial charge in [-0.2, -0.15) is 13.2 Å². The molecule has 0 saturated heterocycles. The molecule has 0 bridgehead atoms. The largest absolute Gasteiger partial charge is 0.465 e. The van der Waals surface area contributed by atoms with E-state index in [4.69, 9.17) is 4.42 Å². The van der Waals surface area contributed by atoms with Crippen LogP contribution in [0.25, 0.3) is 11.6 Å². The molecule has 3 nitrogen and oxygen atoms in total. The minimum absolute atomic E-state index is 0.164. The van der Waals surface area contributed by atoms with Crippen LogP contribution in [0.2, 0.25) is 0 Å². The lowest BCUT2D eigenvalue weighted by Crippen LogP contribution is -2.06. The fourth-order valence-electron chi connectivity index (χ4n) is 2.16. The summed E-state index contributed by atoms with van der Waals surface area (Å²) in [6.07, 6.45) is 1.88. The Kier molecular flexibility index (Phi) is 3.36. The third-order valence-corrected chi connectivity index (χ3v) is 3.20. The highest BCUT2D eigenvalue weighted by molar-refractivity contribution is 6.31. The maximum absolute atomic E-state index is 12.7. The molecule has 0 aliphatic carbocycles. The summed E-state index contributed by atoms with van der Waals surface area (Å²) in [5.41, 5.74) is 0.130. The molecule has 1 amide bonds. The van der Waals surface area contributed by atoms with Crippen molar-refractivity contribution in [2.75, 3.05) is 5.32 Å². The maximum atomic E-state index is 12.7. The molecule has 1 aliphatic heterocycles. The maximum Gasteiger partial charge on any atom is 0.416 e. The predicted octanol–water partition coefficient (Wildman–Crippen LogP) is 4.35. The lowest BCUT2D eigenvalue weighted by atomic mass is 10.0. The summed E-state index contributed by atoms with van der Waals surface area (Å²) in [5, 5.41) is 2.44. The van der Waals surface area contributed by atoms with Crippen molar-refractivity contribution in [1.29, 1.82) is 0 Å². The Balaban J connectivity index is 1.91. The number of amides is 1. The van der Waals surface area contributed by atoms with Crippen LogP contribution in [-0.4, -0.2) is 5.91 Å². The summed E-state index contributed by atoms with van der Waals surface area (Å²) in [4.78, 5) is 11.9. The summed E-state index contributed by atoms with van der Waals surface area (Å²) in [7, 11) is 0. The number of furan rings is 1. The molecule has 0 spiro atoms. The number of carbonyl (C=O) groups is 1. The highest BCUT2D eigenvalue weighted by atomic mass is 19.4. The van der Waals surface area contributed by atoms with Gasteiger partial charge in [-0.25, -0.2) is 0 Å². The van der Waals surface area contributed by atoms with E-state index in [0.717, 1.165) is 12.1 Å². The first kappa shape index (κ1) is 14.2. The highest BCUT2D eigenvalue weighted by Crippen LogP contribution is 2.37. The van der Waals surface area contributed by atoms with Crippen LogP contribution in [0.5, 0.6) is 0 Å². The first-order valence-electron chi connectivity index (χ1n) is 6.40. The van der Waals surface area contributed by atoms with E-state index in [1.807, 2.05) is 0 Å². The SMILES string of the molecule is O=C1Nc2cc(C(F)(F)F)ccc2/C1=C/C=C/c1ccco1. The molecule has 6 heteroatoms. The number of carbonyl (C=O) groups excluding carboxylic acids is 1. The fourth-order valence-corrected chi connectivity index (χ4v) is 2.16. The van der Waals surface area contributed by atoms with Gasteiger partial charge in [0.25, 0.3) is 5.91 Å². The van der Waals surface area contributed by atoms with E-state index in [2.05, 4.69) is 5.32 Å². The van der Waals surface area contributed by atoms with Crippen molar-refractivity contribution in [3.05, 3.63) is 65.6 Å². The molecule has 112 valence electrons. The first-order valence-corrected chi connectivity index (χ1v) is 6.40. The van der Waals surface area contributed by atoms with Crippen molar-refractivity contribution >= 4 is 23.2 Å². The molecule has 0 radical (unpaired) electrons. The van der Waals surface area contributed by atoms with Gasteiger partial charge < -0.3 is 9.73 Å². The van der Waals surface area contributed by atoms with Crippen molar-refractivity contribution in [3.8, 4) is 0 Å². The second-order valence-electron chi connectivity index (χ2n) is 4.67. The van der Waals surface area contributed by atoms with E-state index < -0.39 is 17.6 Å². The molecule has 22 heavy (non-hydrogen) atoms. The molecule has 1 aliphatic rings. The van der Waals surface area contributed by atoms with E-state index >= 15 is 0 Å². The molecule has 0 fully saturated rings. The van der Waals surface area contributed by atoms with Gasteiger partial charge in [0, 0.05) is 16.8 Å². The molecular formula is C16H10F3NO2. The number of anilines is 1. The van der Waals surface area contributed by atoms with Crippen molar-refractivity contribution < 1.29 is 22.4 Å². The lowest BCUT2D eigenvalue weighted by molar-refractivity contribution is -0.137. The van der Waals surface area contributed by atoms with Crippen molar-refractivity contribution in [2.24, 2.45) is 0 Å². The van der Waals surface area contributed by atoms with Crippen LogP contribution in [-0.2, 0) is 11.0 Å². The van der Waals surface area contributed by atoms with E-state index in [1.165, 1.54) is 18.4 Å². The molecule has 1 aromatic heterocycles. The Bertz CT molecular complexity index is 771. The summed E-state index contributed by atoms with van der Waals surface area (Å²) < 4.78 is 43.1. The predicted molar refractivity (Wildman–Crippen MR) is 75.8 cm³/mol. The van der Waals surface area contributed by atoms with Gasteiger partial charge in [-0.1, -0.05) is 12.1 Å². The molecule has 1 aromatic carbocycles. The van der Waals surface area contributed by atoms with Gasteiger partial charge in [-0.05, 0) is 36.4 Å². The Labute approximate surface area is 123 Å². The van der Waals surface area contributed by atoms with Crippen LogP contribution in [0.1, 0.15) is 16.9 Å². The quantitative estimate of drug-likeness (QED) is 0.838. The molecule has 2 aromatic rings.